The van der Waals surface area contributed by atoms with Gasteiger partial charge in [-0.25, -0.2) is 0 Å². The second kappa shape index (κ2) is 7.51. The van der Waals surface area contributed by atoms with E-state index in [4.69, 9.17) is 0 Å². The molecule has 1 nitrogen and oxygen atoms in total. The first kappa shape index (κ1) is 15.9. The molecule has 0 aromatic heterocycles. The molecule has 1 aromatic carbocycles. The van der Waals surface area contributed by atoms with Crippen LogP contribution in [0.15, 0.2) is 18.2 Å². The second-order valence-corrected chi connectivity index (χ2v) is 7.75. The van der Waals surface area contributed by atoms with Gasteiger partial charge in [-0.05, 0) is 56.3 Å². The fraction of sp³-hybridized carbons (Fsp3) is 0.667. The first-order valence-corrected chi connectivity index (χ1v) is 9.01. The van der Waals surface area contributed by atoms with Gasteiger partial charge in [0, 0.05) is 17.0 Å². The van der Waals surface area contributed by atoms with Gasteiger partial charge >= 0.3 is 0 Å². The second-order valence-electron chi connectivity index (χ2n) is 6.41. The number of hydrogen-bond acceptors (Lipinski definition) is 2. The van der Waals surface area contributed by atoms with E-state index < -0.39 is 0 Å². The Morgan fingerprint density at radius 2 is 2.05 bits per heavy atom. The highest BCUT2D eigenvalue weighted by molar-refractivity contribution is 7.99. The van der Waals surface area contributed by atoms with Crippen LogP contribution in [0.5, 0.6) is 0 Å². The van der Waals surface area contributed by atoms with Crippen molar-refractivity contribution in [2.45, 2.75) is 57.7 Å². The third-order valence-electron chi connectivity index (χ3n) is 4.67. The van der Waals surface area contributed by atoms with Crippen LogP contribution in [0, 0.1) is 19.8 Å². The minimum Gasteiger partial charge on any atom is -0.312 e. The molecule has 1 aliphatic carbocycles. The molecule has 1 fully saturated rings. The highest BCUT2D eigenvalue weighted by atomic mass is 32.2. The van der Waals surface area contributed by atoms with Gasteiger partial charge in [0.15, 0.2) is 0 Å². The number of hydrogen-bond donors (Lipinski definition) is 1. The van der Waals surface area contributed by atoms with Gasteiger partial charge in [-0.2, -0.15) is 11.8 Å². The fourth-order valence-electron chi connectivity index (χ4n) is 3.09. The van der Waals surface area contributed by atoms with E-state index in [1.54, 1.807) is 0 Å². The van der Waals surface area contributed by atoms with E-state index in [1.165, 1.54) is 48.1 Å². The topological polar surface area (TPSA) is 12.0 Å². The first-order valence-electron chi connectivity index (χ1n) is 7.96. The number of aryl methyl sites for hydroxylation is 2. The molecule has 2 heteroatoms. The zero-order valence-electron chi connectivity index (χ0n) is 13.4. The molecule has 0 radical (unpaired) electrons. The van der Waals surface area contributed by atoms with Crippen LogP contribution in [-0.2, 0) is 0 Å². The lowest BCUT2D eigenvalue weighted by molar-refractivity contribution is 0.394. The first-order chi connectivity index (χ1) is 9.60. The maximum Gasteiger partial charge on any atom is 0.0409 e. The Balaban J connectivity index is 1.93. The summed E-state index contributed by atoms with van der Waals surface area (Å²) in [6, 6.07) is 7.37. The average molecular weight is 292 g/mol. The number of rotatable bonds is 5. The van der Waals surface area contributed by atoms with E-state index >= 15 is 0 Å². The van der Waals surface area contributed by atoms with E-state index in [1.807, 2.05) is 0 Å². The maximum absolute atomic E-state index is 3.49. The Morgan fingerprint density at radius 1 is 1.25 bits per heavy atom. The van der Waals surface area contributed by atoms with Gasteiger partial charge in [0.1, 0.15) is 0 Å². The van der Waals surface area contributed by atoms with Gasteiger partial charge in [-0.3, -0.25) is 0 Å². The molecule has 112 valence electrons. The van der Waals surface area contributed by atoms with Crippen molar-refractivity contribution >= 4 is 11.8 Å². The molecule has 1 aliphatic rings. The molecule has 20 heavy (non-hydrogen) atoms. The molecule has 1 N–H and O–H groups in total. The Hall–Kier alpha value is -0.470. The highest BCUT2D eigenvalue weighted by Crippen LogP contribution is 2.34. The molecule has 0 heterocycles. The van der Waals surface area contributed by atoms with Gasteiger partial charge in [0.2, 0.25) is 0 Å². The van der Waals surface area contributed by atoms with Crippen molar-refractivity contribution in [1.82, 2.24) is 5.32 Å². The predicted molar refractivity (Wildman–Crippen MR) is 91.6 cm³/mol. The monoisotopic (exact) mass is 291 g/mol. The van der Waals surface area contributed by atoms with Crippen molar-refractivity contribution in [3.8, 4) is 0 Å². The quantitative estimate of drug-likeness (QED) is 0.830. The van der Waals surface area contributed by atoms with Crippen molar-refractivity contribution in [2.24, 2.45) is 5.92 Å². The van der Waals surface area contributed by atoms with Crippen LogP contribution in [-0.4, -0.2) is 18.1 Å². The van der Waals surface area contributed by atoms with Gasteiger partial charge in [0.25, 0.3) is 0 Å². The minimum atomic E-state index is 0.483. The molecule has 0 saturated heterocycles. The van der Waals surface area contributed by atoms with Crippen LogP contribution in [0.4, 0.5) is 0 Å². The van der Waals surface area contributed by atoms with E-state index in [-0.39, 0.29) is 0 Å². The summed E-state index contributed by atoms with van der Waals surface area (Å²) < 4.78 is 0. The summed E-state index contributed by atoms with van der Waals surface area (Å²) in [6.07, 6.45) is 5.68. The van der Waals surface area contributed by atoms with Crippen LogP contribution >= 0.6 is 11.8 Å². The fourth-order valence-corrected chi connectivity index (χ4v) is 4.71. The van der Waals surface area contributed by atoms with Crippen LogP contribution in [0.1, 0.15) is 55.3 Å². The summed E-state index contributed by atoms with van der Waals surface area (Å²) in [7, 11) is 2.09. The van der Waals surface area contributed by atoms with Gasteiger partial charge < -0.3 is 5.32 Å². The normalized spacial score (nSPS) is 24.6. The molecule has 3 atom stereocenters. The number of thioether (sulfide) groups is 1. The van der Waals surface area contributed by atoms with Crippen LogP contribution in [0.2, 0.25) is 0 Å². The van der Waals surface area contributed by atoms with Crippen molar-refractivity contribution in [2.75, 3.05) is 12.8 Å². The van der Waals surface area contributed by atoms with E-state index in [0.717, 1.165) is 11.2 Å². The molecule has 0 spiro atoms. The van der Waals surface area contributed by atoms with Gasteiger partial charge in [-0.15, -0.1) is 0 Å². The molecule has 3 unspecified atom stereocenters. The summed E-state index contributed by atoms with van der Waals surface area (Å²) in [4.78, 5) is 0. The SMILES string of the molecule is CNC(CSC1CCCC(C)C1)c1ccc(C)c(C)c1. The van der Waals surface area contributed by atoms with Crippen molar-refractivity contribution < 1.29 is 0 Å². The van der Waals surface area contributed by atoms with Gasteiger partial charge in [-0.1, -0.05) is 38.0 Å². The maximum atomic E-state index is 3.49. The van der Waals surface area contributed by atoms with Gasteiger partial charge in [0.05, 0.1) is 0 Å². The Kier molecular flexibility index (Phi) is 5.98. The zero-order chi connectivity index (χ0) is 14.5. The Labute approximate surface area is 128 Å². The molecule has 0 bridgehead atoms. The lowest BCUT2D eigenvalue weighted by Gasteiger charge is -2.28. The zero-order valence-corrected chi connectivity index (χ0v) is 14.2. The summed E-state index contributed by atoms with van der Waals surface area (Å²) in [5.74, 6) is 2.12. The molecule has 1 aromatic rings. The lowest BCUT2D eigenvalue weighted by Crippen LogP contribution is -2.22. The number of benzene rings is 1. The average Bonchev–Trinajstić information content (AvgIpc) is 2.43. The predicted octanol–water partition coefficient (Wildman–Crippen LogP) is 4.88. The molecule has 0 amide bonds. The lowest BCUT2D eigenvalue weighted by atomic mass is 9.91. The van der Waals surface area contributed by atoms with Crippen molar-refractivity contribution in [1.29, 1.82) is 0 Å². The van der Waals surface area contributed by atoms with Crippen molar-refractivity contribution in [3.63, 3.8) is 0 Å². The number of nitrogens with one attached hydrogen (secondary N) is 1. The standard InChI is InChI=1S/C18H29NS/c1-13-6-5-7-17(10-13)20-12-18(19-4)16-9-8-14(2)15(3)11-16/h8-9,11,13,17-19H,5-7,10,12H2,1-4H3. The Morgan fingerprint density at radius 3 is 2.70 bits per heavy atom. The van der Waals surface area contributed by atoms with E-state index in [0.29, 0.717) is 6.04 Å². The third kappa shape index (κ3) is 4.26. The summed E-state index contributed by atoms with van der Waals surface area (Å²) in [5, 5.41) is 4.37. The molecular formula is C18H29NS. The Bertz CT molecular complexity index is 429. The molecule has 1 saturated carbocycles. The smallest absolute Gasteiger partial charge is 0.0409 e. The molecular weight excluding hydrogens is 262 g/mol. The molecule has 0 aliphatic heterocycles. The highest BCUT2D eigenvalue weighted by Gasteiger charge is 2.20. The largest absolute Gasteiger partial charge is 0.312 e. The third-order valence-corrected chi connectivity index (χ3v) is 6.09. The van der Waals surface area contributed by atoms with E-state index in [2.05, 4.69) is 63.1 Å². The van der Waals surface area contributed by atoms with Crippen molar-refractivity contribution in [3.05, 3.63) is 34.9 Å². The van der Waals surface area contributed by atoms with E-state index in [9.17, 15) is 0 Å². The molecule has 2 rings (SSSR count). The van der Waals surface area contributed by atoms with Crippen LogP contribution < -0.4 is 5.32 Å². The van der Waals surface area contributed by atoms with Crippen LogP contribution in [0.25, 0.3) is 0 Å². The summed E-state index contributed by atoms with van der Waals surface area (Å²) >= 11 is 2.18. The summed E-state index contributed by atoms with van der Waals surface area (Å²) in [5.41, 5.74) is 4.23. The van der Waals surface area contributed by atoms with Crippen LogP contribution in [0.3, 0.4) is 0 Å². The minimum absolute atomic E-state index is 0.483. The summed E-state index contributed by atoms with van der Waals surface area (Å²) in [6.45, 7) is 6.80.